The first kappa shape index (κ1) is 119. The number of guanidine groups is 1. The quantitative estimate of drug-likeness (QED) is 0.0108. The molecular weight excluding hydrogens is 1920 g/mol. The molecule has 1 fully saturated rings. The van der Waals surface area contributed by atoms with Crippen LogP contribution in [0, 0.1) is 11.3 Å². The van der Waals surface area contributed by atoms with Crippen molar-refractivity contribution in [2.24, 2.45) is 40.3 Å². The molecule has 0 aromatic carbocycles. The number of imidazole rings is 3. The molecule has 3 aromatic rings. The van der Waals surface area contributed by atoms with Crippen LogP contribution in [0.15, 0.2) is 37.6 Å². The van der Waals surface area contributed by atoms with Gasteiger partial charge in [0.15, 0.2) is 5.96 Å². The van der Waals surface area contributed by atoms with Gasteiger partial charge in [0.2, 0.25) is 112 Å². The van der Waals surface area contributed by atoms with Gasteiger partial charge in [0.05, 0.1) is 63.8 Å². The van der Waals surface area contributed by atoms with Gasteiger partial charge in [0.1, 0.15) is 84.6 Å². The van der Waals surface area contributed by atoms with Gasteiger partial charge >= 0.3 is 24.0 Å². The molecule has 4 heterocycles. The lowest BCUT2D eigenvalue weighted by atomic mass is 9.96. The van der Waals surface area contributed by atoms with Gasteiger partial charge in [0.25, 0.3) is 0 Å². The number of aliphatic carboxylic acids is 2. The number of primary amides is 4. The van der Waals surface area contributed by atoms with Crippen molar-refractivity contribution >= 4 is 167 Å². The van der Waals surface area contributed by atoms with Crippen LogP contribution >= 0.6 is 25.3 Å². The Kier molecular flexibility index (Phi) is 52.1. The number of urea groups is 2. The number of H-pyrrole nitrogens is 3. The molecule has 3 aromatic heterocycles. The van der Waals surface area contributed by atoms with Gasteiger partial charge in [-0.15, -0.1) is 0 Å². The van der Waals surface area contributed by atoms with E-state index in [1.165, 1.54) is 44.5 Å². The van der Waals surface area contributed by atoms with E-state index < -0.39 is 295 Å². The Labute approximate surface area is 821 Å². The summed E-state index contributed by atoms with van der Waals surface area (Å²) in [6, 6.07) is -26.5. The summed E-state index contributed by atoms with van der Waals surface area (Å²) in [6.07, 6.45) is 1.62. The predicted octanol–water partition coefficient (Wildman–Crippen LogP) is -14.6. The zero-order valence-corrected chi connectivity index (χ0v) is 79.5. The van der Waals surface area contributed by atoms with Crippen molar-refractivity contribution in [1.29, 1.82) is 5.41 Å². The van der Waals surface area contributed by atoms with Crippen LogP contribution in [0.1, 0.15) is 128 Å². The van der Waals surface area contributed by atoms with E-state index in [0.717, 1.165) is 11.8 Å². The van der Waals surface area contributed by atoms with E-state index in [2.05, 4.69) is 156 Å². The van der Waals surface area contributed by atoms with Crippen LogP contribution < -0.4 is 135 Å². The Hall–Kier alpha value is -15.1. The number of nitrogens with one attached hydrogen (secondary N) is 23. The Morgan fingerprint density at radius 3 is 1.25 bits per heavy atom. The molecule has 4 rings (SSSR count). The zero-order valence-electron chi connectivity index (χ0n) is 77.7. The number of hydrogen-bond acceptors (Lipinski definition) is 32. The monoisotopic (exact) mass is 2050 g/mol. The highest BCUT2D eigenvalue weighted by Gasteiger charge is 2.43. The molecule has 62 heteroatoms. The maximum Gasteiger partial charge on any atom is 0.326 e. The van der Waals surface area contributed by atoms with Crippen LogP contribution in [0.3, 0.4) is 0 Å². The molecule has 1 saturated heterocycles. The molecular formula is C80H127N33O27S2. The van der Waals surface area contributed by atoms with Gasteiger partial charge < -0.3 is 176 Å². The molecule has 60 nitrogen and oxygen atoms in total. The first-order valence-electron chi connectivity index (χ1n) is 44.6. The highest BCUT2D eigenvalue weighted by atomic mass is 32.1. The number of aromatic amines is 3. The third kappa shape index (κ3) is 43.5. The van der Waals surface area contributed by atoms with Gasteiger partial charge in [-0.3, -0.25) is 101 Å². The number of nitrogens with two attached hydrogens (primary N) is 6. The third-order valence-corrected chi connectivity index (χ3v) is 22.2. The van der Waals surface area contributed by atoms with E-state index in [4.69, 9.17) is 39.8 Å². The number of carboxylic acids is 2. The van der Waals surface area contributed by atoms with E-state index in [1.54, 1.807) is 6.92 Å². The highest BCUT2D eigenvalue weighted by molar-refractivity contribution is 7.80. The summed E-state index contributed by atoms with van der Waals surface area (Å²) < 4.78 is 0. The van der Waals surface area contributed by atoms with Crippen LogP contribution in [0.4, 0.5) is 9.59 Å². The van der Waals surface area contributed by atoms with E-state index in [0.29, 0.717) is 0 Å². The first-order valence-corrected chi connectivity index (χ1v) is 45.9. The number of aliphatic hydroxyl groups excluding tert-OH is 2. The van der Waals surface area contributed by atoms with Crippen molar-refractivity contribution in [2.75, 3.05) is 63.9 Å². The van der Waals surface area contributed by atoms with E-state index >= 15 is 0 Å². The number of carbonyl (C=O) groups excluding carboxylic acids is 21. The van der Waals surface area contributed by atoms with Crippen molar-refractivity contribution in [2.45, 2.75) is 227 Å². The van der Waals surface area contributed by atoms with Crippen molar-refractivity contribution in [1.82, 2.24) is 136 Å². The topological polar surface area (TPSA) is 971 Å². The van der Waals surface area contributed by atoms with Crippen LogP contribution in [0.5, 0.6) is 0 Å². The minimum absolute atomic E-state index is 0.0217. The number of aromatic nitrogens is 6. The fourth-order valence-corrected chi connectivity index (χ4v) is 14.2. The molecule has 39 N–H and O–H groups in total. The molecule has 0 aliphatic carbocycles. The Morgan fingerprint density at radius 2 is 0.817 bits per heavy atom. The lowest BCUT2D eigenvalue weighted by Gasteiger charge is -2.30. The minimum Gasteiger partial charge on any atom is -0.481 e. The third-order valence-electron chi connectivity index (χ3n) is 21.4. The first-order chi connectivity index (χ1) is 67.2. The molecule has 17 atom stereocenters. The average Bonchev–Trinajstić information content (AvgIpc) is 1.68. The Morgan fingerprint density at radius 1 is 0.444 bits per heavy atom. The van der Waals surface area contributed by atoms with Crippen LogP contribution in [0.2, 0.25) is 0 Å². The Balaban J connectivity index is 1.51. The number of likely N-dealkylation sites (tertiary alicyclic amines) is 1. The largest absolute Gasteiger partial charge is 0.481 e. The molecule has 0 unspecified atom stereocenters. The van der Waals surface area contributed by atoms with Gasteiger partial charge in [0, 0.05) is 105 Å². The summed E-state index contributed by atoms with van der Waals surface area (Å²) in [5, 5.41) is 93.1. The van der Waals surface area contributed by atoms with Crippen LogP contribution in [-0.4, -0.2) is 358 Å². The van der Waals surface area contributed by atoms with Crippen molar-refractivity contribution in [3.8, 4) is 0 Å². The van der Waals surface area contributed by atoms with Crippen molar-refractivity contribution in [3.63, 3.8) is 0 Å². The summed E-state index contributed by atoms with van der Waals surface area (Å²) in [4.78, 5) is 328. The molecule has 142 heavy (non-hydrogen) atoms. The van der Waals surface area contributed by atoms with Gasteiger partial charge in [-0.25, -0.2) is 29.3 Å². The van der Waals surface area contributed by atoms with Crippen LogP contribution in [0.25, 0.3) is 0 Å². The summed E-state index contributed by atoms with van der Waals surface area (Å²) in [6.45, 7) is -0.152. The summed E-state index contributed by atoms with van der Waals surface area (Å²) in [5.74, 6) is -25.1. The van der Waals surface area contributed by atoms with E-state index in [9.17, 15) is 131 Å². The number of amides is 23. The molecule has 0 spiro atoms. The minimum atomic E-state index is -1.95. The Bertz CT molecular complexity index is 4830. The predicted molar refractivity (Wildman–Crippen MR) is 499 cm³/mol. The molecule has 0 bridgehead atoms. The number of rotatable bonds is 66. The number of carboxylic acid groups (broad SMARTS) is 2. The second-order valence-electron chi connectivity index (χ2n) is 32.6. The normalized spacial score (nSPS) is 15.4. The number of nitrogens with zero attached hydrogens (tertiary/aromatic N) is 4. The van der Waals surface area contributed by atoms with E-state index in [-0.39, 0.29) is 140 Å². The number of carbonyl (C=O) groups is 23. The summed E-state index contributed by atoms with van der Waals surface area (Å²) in [7, 11) is 0. The van der Waals surface area contributed by atoms with Gasteiger partial charge in [-0.1, -0.05) is 20.3 Å². The SMILES string of the molecule is CC[C@H](C)[C@H](NC(=O)[C@@H](NC(=O)[C@H](CC(=O)O)NC(=O)[C@@H](N)CCC(N)=O)[C@@H](C)O)C(=O)N[C@@H](Cc1cnc[nH]1)C(=O)NCC(=O)N[C@@H](Cc1cnc[nH]1)C(=O)N1CCC[C@H]1C(=O)N[C@@H](CS)C(=O)N[C@@H](CO)C(=O)N[C@@H](CCCNC(N)=O)C(=O)N[C@@H](CCCNC(N)=O)C(=O)NCC(=O)N[C@@H](Cc1cnc[nH]1)C(=O)N[C@@H](CCCNC(=N)N)C(=O)N[C@@H](CS)C(=O)NCC(=O)N[C@@H](CCC(N)=O)C(=O)O. The van der Waals surface area contributed by atoms with Crippen molar-refractivity contribution in [3.05, 3.63) is 54.7 Å². The van der Waals surface area contributed by atoms with Gasteiger partial charge in [-0.2, -0.15) is 25.3 Å². The fraction of sp³-hybridized carbons (Fsp3) is 0.588. The van der Waals surface area contributed by atoms with Crippen LogP contribution in [-0.2, 0) is 120 Å². The molecule has 786 valence electrons. The second-order valence-corrected chi connectivity index (χ2v) is 33.3. The maximum atomic E-state index is 14.8. The van der Waals surface area contributed by atoms with Crippen molar-refractivity contribution < 1.29 is 131 Å². The fourth-order valence-electron chi connectivity index (χ4n) is 13.7. The molecule has 0 radical (unpaired) electrons. The highest BCUT2D eigenvalue weighted by Crippen LogP contribution is 2.21. The standard InChI is InChI=1S/C80H127N33O27S2/c1-4-37(2)61(111-75(135)62(38(3)115)112-70(130)49(24-60(121)122)106-63(123)42(81)13-15-55(82)116)74(134)107-47(21-39-25-88-34-97-39)65(125)95-30-59(120)102-50(23-41-27-90-36-99-41)76(136)113-20-8-12-54(113)73(133)110-53(33-142)72(132)108-51(31-114)71(131)105-44(11-7-19-93-80(87)140)67(127)103-43(9-6-18-92-79(86)139)64(124)94-29-58(119)101-48(22-40-26-89-35-98-40)69(129)104-45(10-5-17-91-78(84)85)68(128)109-52(32-141)66(126)96-28-57(118)100-46(77(137)138)14-16-56(83)117/h25-27,34-38,42-54,61-62,114-115,141-142H,4-24,28-33,81H2,1-3H3,(H2,82,116)(H2,83,117)(H,88,97)(H,89,98)(H,90,99)(H,94,124)(H,95,125)(H,96,126)(H,100,118)(H,101,119)(H,102,120)(H,103,127)(H,104,129)(H,105,131)(H,106,123)(H,107,134)(H,108,132)(H,109,128)(H,110,133)(H,111,135)(H,112,130)(H,121,122)(H,137,138)(H4,84,85,91)(H3,86,92,139)(H3,87,93,140)/t37-,38+,42-,43-,44-,45-,46-,47-,48-,49-,50-,51-,52-,53-,54-,61-,62-/m0/s1. The van der Waals surface area contributed by atoms with Gasteiger partial charge in [-0.05, 0) is 77.0 Å². The molecule has 1 aliphatic rings. The lowest BCUT2D eigenvalue weighted by molar-refractivity contribution is -0.142. The number of aliphatic hydroxyl groups is 2. The van der Waals surface area contributed by atoms with E-state index in [1.807, 2.05) is 0 Å². The molecule has 23 amide bonds. The molecule has 1 aliphatic heterocycles. The summed E-state index contributed by atoms with van der Waals surface area (Å²) >= 11 is 8.39. The molecule has 0 saturated carbocycles. The average molecular weight is 2050 g/mol. The number of hydrogen-bond donors (Lipinski definition) is 35. The maximum absolute atomic E-state index is 14.8. The summed E-state index contributed by atoms with van der Waals surface area (Å²) in [5.41, 5.74) is 32.8. The second kappa shape index (κ2) is 62.1. The smallest absolute Gasteiger partial charge is 0.326 e. The number of thiol groups is 2. The zero-order chi connectivity index (χ0) is 106. The lowest BCUT2D eigenvalue weighted by Crippen LogP contribution is -2.62.